The van der Waals surface area contributed by atoms with Crippen LogP contribution in [0.2, 0.25) is 0 Å². The normalized spacial score (nSPS) is 13.9. The Balaban J connectivity index is 1.36. The molecule has 0 bridgehead atoms. The molecule has 1 heterocycles. The Morgan fingerprint density at radius 1 is 1.10 bits per heavy atom. The number of sulfonamides is 1. The third-order valence-electron chi connectivity index (χ3n) is 5.48. The number of hydrogen-bond acceptors (Lipinski definition) is 5. The van der Waals surface area contributed by atoms with E-state index in [2.05, 4.69) is 9.62 Å². The van der Waals surface area contributed by atoms with Crippen molar-refractivity contribution in [3.63, 3.8) is 0 Å². The van der Waals surface area contributed by atoms with Crippen LogP contribution in [0.5, 0.6) is 5.75 Å². The van der Waals surface area contributed by atoms with E-state index in [9.17, 15) is 13.2 Å². The number of carbonyl (C=O) groups is 1. The van der Waals surface area contributed by atoms with Crippen LogP contribution in [0.1, 0.15) is 24.0 Å². The molecule has 8 heteroatoms. The zero-order chi connectivity index (χ0) is 22.4. The van der Waals surface area contributed by atoms with Crippen molar-refractivity contribution >= 4 is 21.6 Å². The lowest BCUT2D eigenvalue weighted by Gasteiger charge is -2.26. The Hall–Kier alpha value is -2.42. The van der Waals surface area contributed by atoms with E-state index in [1.807, 2.05) is 32.2 Å². The van der Waals surface area contributed by atoms with Gasteiger partial charge in [0, 0.05) is 20.1 Å². The molecule has 0 spiro atoms. The molecule has 0 radical (unpaired) electrons. The predicted molar refractivity (Wildman–Crippen MR) is 122 cm³/mol. The smallest absolute Gasteiger partial charge is 0.264 e. The van der Waals surface area contributed by atoms with Gasteiger partial charge in [-0.25, -0.2) is 13.1 Å². The minimum atomic E-state index is -3.46. The van der Waals surface area contributed by atoms with E-state index < -0.39 is 10.0 Å². The SMILES string of the molecule is Cc1ccc(S(=O)(=O)NCCN(C)CCCCc2ccc3c(c2)OCC(=O)N3C)cc1. The van der Waals surface area contributed by atoms with Crippen molar-refractivity contribution in [3.05, 3.63) is 53.6 Å². The van der Waals surface area contributed by atoms with Gasteiger partial charge in [-0.3, -0.25) is 4.79 Å². The minimum Gasteiger partial charge on any atom is -0.482 e. The summed E-state index contributed by atoms with van der Waals surface area (Å²) in [4.78, 5) is 15.7. The van der Waals surface area contributed by atoms with Crippen molar-refractivity contribution in [2.24, 2.45) is 0 Å². The van der Waals surface area contributed by atoms with Gasteiger partial charge in [-0.15, -0.1) is 0 Å². The third kappa shape index (κ3) is 6.29. The van der Waals surface area contributed by atoms with Crippen LogP contribution in [-0.4, -0.2) is 59.6 Å². The molecule has 0 aliphatic carbocycles. The molecule has 168 valence electrons. The lowest BCUT2D eigenvalue weighted by molar-refractivity contribution is -0.120. The van der Waals surface area contributed by atoms with Crippen LogP contribution in [0.3, 0.4) is 0 Å². The molecular weight excluding hydrogens is 414 g/mol. The number of aryl methyl sites for hydroxylation is 2. The van der Waals surface area contributed by atoms with Crippen molar-refractivity contribution in [2.45, 2.75) is 31.1 Å². The van der Waals surface area contributed by atoms with Crippen LogP contribution >= 0.6 is 0 Å². The number of fused-ring (bicyclic) bond motifs is 1. The van der Waals surface area contributed by atoms with Gasteiger partial charge in [0.25, 0.3) is 5.91 Å². The quantitative estimate of drug-likeness (QED) is 0.569. The highest BCUT2D eigenvalue weighted by molar-refractivity contribution is 7.89. The van der Waals surface area contributed by atoms with E-state index in [-0.39, 0.29) is 12.5 Å². The van der Waals surface area contributed by atoms with Crippen LogP contribution in [0.15, 0.2) is 47.4 Å². The second kappa shape index (κ2) is 10.3. The average Bonchev–Trinajstić information content (AvgIpc) is 2.74. The predicted octanol–water partition coefficient (Wildman–Crippen LogP) is 2.58. The molecule has 7 nitrogen and oxygen atoms in total. The van der Waals surface area contributed by atoms with E-state index in [0.717, 1.165) is 42.8 Å². The number of nitrogens with zero attached hydrogens (tertiary/aromatic N) is 2. The molecule has 2 aromatic rings. The van der Waals surface area contributed by atoms with Gasteiger partial charge >= 0.3 is 0 Å². The fraction of sp³-hybridized carbons (Fsp3) is 0.435. The first-order valence-electron chi connectivity index (χ1n) is 10.5. The number of hydrogen-bond donors (Lipinski definition) is 1. The maximum atomic E-state index is 12.3. The zero-order valence-electron chi connectivity index (χ0n) is 18.4. The average molecular weight is 446 g/mol. The highest BCUT2D eigenvalue weighted by atomic mass is 32.2. The highest BCUT2D eigenvalue weighted by Gasteiger charge is 2.22. The van der Waals surface area contributed by atoms with E-state index in [0.29, 0.717) is 18.0 Å². The summed E-state index contributed by atoms with van der Waals surface area (Å²) in [5, 5.41) is 0. The Labute approximate surface area is 185 Å². The molecule has 0 fully saturated rings. The summed E-state index contributed by atoms with van der Waals surface area (Å²) in [6.45, 7) is 3.94. The summed E-state index contributed by atoms with van der Waals surface area (Å²) in [5.74, 6) is 0.724. The largest absolute Gasteiger partial charge is 0.482 e. The van der Waals surface area contributed by atoms with Crippen molar-refractivity contribution in [2.75, 3.05) is 45.2 Å². The zero-order valence-corrected chi connectivity index (χ0v) is 19.2. The number of rotatable bonds is 10. The summed E-state index contributed by atoms with van der Waals surface area (Å²) in [7, 11) is 0.302. The van der Waals surface area contributed by atoms with Gasteiger partial charge in [-0.1, -0.05) is 23.8 Å². The molecule has 0 aromatic heterocycles. The lowest BCUT2D eigenvalue weighted by atomic mass is 10.1. The summed E-state index contributed by atoms with van der Waals surface area (Å²) in [5.41, 5.74) is 3.03. The van der Waals surface area contributed by atoms with E-state index >= 15 is 0 Å². The Kier molecular flexibility index (Phi) is 7.69. The molecule has 31 heavy (non-hydrogen) atoms. The number of nitrogens with one attached hydrogen (secondary N) is 1. The van der Waals surface area contributed by atoms with Crippen molar-refractivity contribution in [1.29, 1.82) is 0 Å². The Bertz CT molecular complexity index is 1010. The first kappa shape index (κ1) is 23.2. The number of likely N-dealkylation sites (N-methyl/N-ethyl adjacent to an activating group) is 2. The third-order valence-corrected chi connectivity index (χ3v) is 6.96. The molecule has 1 aliphatic heterocycles. The number of benzene rings is 2. The first-order chi connectivity index (χ1) is 14.8. The van der Waals surface area contributed by atoms with Crippen LogP contribution in [0.25, 0.3) is 0 Å². The molecule has 0 atom stereocenters. The van der Waals surface area contributed by atoms with Crippen LogP contribution < -0.4 is 14.4 Å². The molecule has 3 rings (SSSR count). The fourth-order valence-electron chi connectivity index (χ4n) is 3.47. The molecule has 0 saturated heterocycles. The minimum absolute atomic E-state index is 0.0376. The second-order valence-corrected chi connectivity index (χ2v) is 9.78. The van der Waals surface area contributed by atoms with Crippen LogP contribution in [0.4, 0.5) is 5.69 Å². The Morgan fingerprint density at radius 2 is 1.84 bits per heavy atom. The molecule has 1 aliphatic rings. The van der Waals surface area contributed by atoms with E-state index in [1.165, 1.54) is 5.56 Å². The van der Waals surface area contributed by atoms with Crippen LogP contribution in [-0.2, 0) is 21.2 Å². The van der Waals surface area contributed by atoms with E-state index in [4.69, 9.17) is 4.74 Å². The molecule has 1 N–H and O–H groups in total. The number of unbranched alkanes of at least 4 members (excludes halogenated alkanes) is 1. The maximum absolute atomic E-state index is 12.3. The summed E-state index contributed by atoms with van der Waals surface area (Å²) < 4.78 is 32.9. The summed E-state index contributed by atoms with van der Waals surface area (Å²) in [6, 6.07) is 12.9. The molecule has 2 aromatic carbocycles. The van der Waals surface area contributed by atoms with Gasteiger partial charge in [0.05, 0.1) is 10.6 Å². The van der Waals surface area contributed by atoms with E-state index in [1.54, 1.807) is 36.2 Å². The number of ether oxygens (including phenoxy) is 1. The molecular formula is C23H31N3O4S. The number of carbonyl (C=O) groups excluding carboxylic acids is 1. The molecule has 0 saturated carbocycles. The van der Waals surface area contributed by atoms with Crippen molar-refractivity contribution < 1.29 is 17.9 Å². The first-order valence-corrected chi connectivity index (χ1v) is 12.0. The van der Waals surface area contributed by atoms with Gasteiger partial charge in [-0.05, 0) is 69.6 Å². The summed E-state index contributed by atoms with van der Waals surface area (Å²) in [6.07, 6.45) is 2.97. The van der Waals surface area contributed by atoms with Gasteiger partial charge in [0.15, 0.2) is 6.61 Å². The van der Waals surface area contributed by atoms with Gasteiger partial charge in [-0.2, -0.15) is 0 Å². The number of anilines is 1. The van der Waals surface area contributed by atoms with Gasteiger partial charge in [0.1, 0.15) is 5.75 Å². The molecule has 1 amide bonds. The fourth-order valence-corrected chi connectivity index (χ4v) is 4.49. The summed E-state index contributed by atoms with van der Waals surface area (Å²) >= 11 is 0. The van der Waals surface area contributed by atoms with Crippen molar-refractivity contribution in [3.8, 4) is 5.75 Å². The molecule has 0 unspecified atom stereocenters. The van der Waals surface area contributed by atoms with Crippen LogP contribution in [0, 0.1) is 6.92 Å². The monoisotopic (exact) mass is 445 g/mol. The Morgan fingerprint density at radius 3 is 2.58 bits per heavy atom. The topological polar surface area (TPSA) is 79.0 Å². The van der Waals surface area contributed by atoms with Crippen molar-refractivity contribution in [1.82, 2.24) is 9.62 Å². The van der Waals surface area contributed by atoms with Gasteiger partial charge in [0.2, 0.25) is 10.0 Å². The lowest BCUT2D eigenvalue weighted by Crippen LogP contribution is -2.35. The standard InChI is InChI=1S/C23H31N3O4S/c1-18-7-10-20(11-8-18)31(28,29)24-13-15-25(2)14-5-4-6-19-9-12-21-22(16-19)30-17-23(27)26(21)3/h7-12,16,24H,4-6,13-15,17H2,1-3H3. The number of amides is 1. The highest BCUT2D eigenvalue weighted by Crippen LogP contribution is 2.32. The van der Waals surface area contributed by atoms with Gasteiger partial charge < -0.3 is 14.5 Å². The maximum Gasteiger partial charge on any atom is 0.264 e. The second-order valence-electron chi connectivity index (χ2n) is 8.01.